The predicted octanol–water partition coefficient (Wildman–Crippen LogP) is 2.93. The summed E-state index contributed by atoms with van der Waals surface area (Å²) in [7, 11) is 3.06. The number of hydrogen-bond acceptors (Lipinski definition) is 4. The summed E-state index contributed by atoms with van der Waals surface area (Å²) in [5.74, 6) is -0.161. The van der Waals surface area contributed by atoms with Crippen LogP contribution in [0.4, 0.5) is 8.78 Å². The van der Waals surface area contributed by atoms with Crippen molar-refractivity contribution in [2.45, 2.75) is 6.61 Å². The first-order valence-corrected chi connectivity index (χ1v) is 6.34. The third-order valence-corrected chi connectivity index (χ3v) is 2.80. The van der Waals surface area contributed by atoms with E-state index >= 15 is 0 Å². The third-order valence-electron chi connectivity index (χ3n) is 2.80. The lowest BCUT2D eigenvalue weighted by molar-refractivity contribution is -0.0512. The van der Waals surface area contributed by atoms with Crippen molar-refractivity contribution in [3.63, 3.8) is 0 Å². The second-order valence-corrected chi connectivity index (χ2v) is 4.36. The van der Waals surface area contributed by atoms with Gasteiger partial charge in [0, 0.05) is 13.2 Å². The van der Waals surface area contributed by atoms with Gasteiger partial charge in [-0.25, -0.2) is 0 Å². The Hall–Kier alpha value is -2.70. The van der Waals surface area contributed by atoms with E-state index in [2.05, 4.69) is 9.84 Å². The van der Waals surface area contributed by atoms with E-state index in [4.69, 9.17) is 4.74 Å². The Morgan fingerprint density at radius 3 is 2.68 bits per heavy atom. The molecule has 1 aromatic carbocycles. The molecule has 0 bridgehead atoms. The summed E-state index contributed by atoms with van der Waals surface area (Å²) in [5, 5.41) is 3.99. The van der Waals surface area contributed by atoms with Crippen molar-refractivity contribution in [3.05, 3.63) is 47.8 Å². The van der Waals surface area contributed by atoms with Crippen molar-refractivity contribution >= 4 is 11.9 Å². The summed E-state index contributed by atoms with van der Waals surface area (Å²) in [6.07, 6.45) is 4.57. The quantitative estimate of drug-likeness (QED) is 0.608. The molecular formula is C15H14F2N2O3. The molecular weight excluding hydrogens is 294 g/mol. The summed E-state index contributed by atoms with van der Waals surface area (Å²) in [6, 6.07) is 6.01. The highest BCUT2D eigenvalue weighted by Crippen LogP contribution is 2.29. The third kappa shape index (κ3) is 3.91. The standard InChI is InChI=1S/C15H14F2N2O3/c1-19-8-7-11(18-19)12(20)5-3-10-4-6-13(22-15(16)17)14(9-10)21-2/h3-9,15H,1-2H3/b5-3+. The van der Waals surface area contributed by atoms with E-state index in [9.17, 15) is 13.6 Å². The molecule has 0 aliphatic carbocycles. The lowest BCUT2D eigenvalue weighted by atomic mass is 10.1. The molecule has 0 saturated carbocycles. The van der Waals surface area contributed by atoms with E-state index in [-0.39, 0.29) is 17.3 Å². The highest BCUT2D eigenvalue weighted by molar-refractivity contribution is 6.05. The van der Waals surface area contributed by atoms with Gasteiger partial charge in [-0.1, -0.05) is 12.1 Å². The maximum Gasteiger partial charge on any atom is 0.387 e. The summed E-state index contributed by atoms with van der Waals surface area (Å²) < 4.78 is 35.3. The van der Waals surface area contributed by atoms with Crippen LogP contribution in [-0.2, 0) is 7.05 Å². The highest BCUT2D eigenvalue weighted by Gasteiger charge is 2.10. The van der Waals surface area contributed by atoms with Crippen LogP contribution in [0.1, 0.15) is 16.1 Å². The van der Waals surface area contributed by atoms with E-state index in [1.807, 2.05) is 0 Å². The lowest BCUT2D eigenvalue weighted by Crippen LogP contribution is -2.03. The second kappa shape index (κ2) is 6.84. The Labute approximate surface area is 125 Å². The summed E-state index contributed by atoms with van der Waals surface area (Å²) in [6.45, 7) is -2.93. The van der Waals surface area contributed by atoms with Crippen molar-refractivity contribution in [2.24, 2.45) is 7.05 Å². The van der Waals surface area contributed by atoms with Crippen molar-refractivity contribution in [2.75, 3.05) is 7.11 Å². The number of ether oxygens (including phenoxy) is 2. The molecule has 2 aromatic rings. The Kier molecular flexibility index (Phi) is 4.88. The number of ketones is 1. The van der Waals surface area contributed by atoms with Crippen LogP contribution in [0.3, 0.4) is 0 Å². The summed E-state index contributed by atoms with van der Waals surface area (Å²) in [4.78, 5) is 11.9. The summed E-state index contributed by atoms with van der Waals surface area (Å²) >= 11 is 0. The molecule has 0 N–H and O–H groups in total. The van der Waals surface area contributed by atoms with Gasteiger partial charge in [0.15, 0.2) is 11.5 Å². The number of halogens is 2. The van der Waals surface area contributed by atoms with Crippen molar-refractivity contribution in [1.82, 2.24) is 9.78 Å². The first-order chi connectivity index (χ1) is 10.5. The zero-order valence-corrected chi connectivity index (χ0v) is 12.0. The maximum atomic E-state index is 12.2. The Morgan fingerprint density at radius 1 is 1.32 bits per heavy atom. The summed E-state index contributed by atoms with van der Waals surface area (Å²) in [5.41, 5.74) is 0.936. The average molecular weight is 308 g/mol. The fourth-order valence-corrected chi connectivity index (χ4v) is 1.78. The van der Waals surface area contributed by atoms with Crippen molar-refractivity contribution in [1.29, 1.82) is 0 Å². The molecule has 1 heterocycles. The first-order valence-electron chi connectivity index (χ1n) is 6.34. The number of hydrogen-bond donors (Lipinski definition) is 0. The normalized spacial score (nSPS) is 11.1. The molecule has 0 radical (unpaired) electrons. The van der Waals surface area contributed by atoms with Gasteiger partial charge in [0.2, 0.25) is 5.78 Å². The zero-order valence-electron chi connectivity index (χ0n) is 12.0. The molecule has 0 fully saturated rings. The Balaban J connectivity index is 2.15. The minimum Gasteiger partial charge on any atom is -0.493 e. The van der Waals surface area contributed by atoms with Crippen LogP contribution in [0.15, 0.2) is 36.5 Å². The van der Waals surface area contributed by atoms with Gasteiger partial charge in [-0.15, -0.1) is 0 Å². The molecule has 1 aromatic heterocycles. The SMILES string of the molecule is COc1cc(/C=C/C(=O)c2ccn(C)n2)ccc1OC(F)F. The molecule has 0 aliphatic rings. The molecule has 5 nitrogen and oxygen atoms in total. The van der Waals surface area contributed by atoms with Crippen LogP contribution in [-0.4, -0.2) is 29.3 Å². The molecule has 0 unspecified atom stereocenters. The first kappa shape index (κ1) is 15.7. The van der Waals surface area contributed by atoms with Gasteiger partial charge < -0.3 is 9.47 Å². The minimum absolute atomic E-state index is 0.0642. The maximum absolute atomic E-state index is 12.2. The molecule has 7 heteroatoms. The smallest absolute Gasteiger partial charge is 0.387 e. The van der Waals surface area contributed by atoms with E-state index in [0.717, 1.165) is 0 Å². The number of rotatable bonds is 6. The number of carbonyl (C=O) groups is 1. The van der Waals surface area contributed by atoms with Gasteiger partial charge in [0.1, 0.15) is 5.69 Å². The molecule has 0 aliphatic heterocycles. The number of alkyl halides is 2. The number of methoxy groups -OCH3 is 1. The molecule has 2 rings (SSSR count). The Morgan fingerprint density at radius 2 is 2.09 bits per heavy atom. The highest BCUT2D eigenvalue weighted by atomic mass is 19.3. The molecule has 0 saturated heterocycles. The number of nitrogens with zero attached hydrogens (tertiary/aromatic N) is 2. The van der Waals surface area contributed by atoms with Gasteiger partial charge in [-0.05, 0) is 29.8 Å². The van der Waals surface area contributed by atoms with Crippen LogP contribution >= 0.6 is 0 Å². The largest absolute Gasteiger partial charge is 0.493 e. The van der Waals surface area contributed by atoms with Crippen LogP contribution in [0.5, 0.6) is 11.5 Å². The predicted molar refractivity (Wildman–Crippen MR) is 76.2 cm³/mol. The zero-order chi connectivity index (χ0) is 16.1. The minimum atomic E-state index is -2.93. The fourth-order valence-electron chi connectivity index (χ4n) is 1.78. The van der Waals surface area contributed by atoms with Gasteiger partial charge in [0.25, 0.3) is 0 Å². The molecule has 22 heavy (non-hydrogen) atoms. The van der Waals surface area contributed by atoms with Crippen molar-refractivity contribution in [3.8, 4) is 11.5 Å². The molecule has 116 valence electrons. The monoisotopic (exact) mass is 308 g/mol. The molecule has 0 atom stereocenters. The van der Waals surface area contributed by atoms with E-state index in [0.29, 0.717) is 11.3 Å². The van der Waals surface area contributed by atoms with Gasteiger partial charge in [-0.3, -0.25) is 9.48 Å². The van der Waals surface area contributed by atoms with Gasteiger partial charge in [0.05, 0.1) is 7.11 Å². The lowest BCUT2D eigenvalue weighted by Gasteiger charge is -2.10. The number of allylic oxidation sites excluding steroid dienone is 1. The van der Waals surface area contributed by atoms with Crippen LogP contribution in [0.2, 0.25) is 0 Å². The number of carbonyl (C=O) groups excluding carboxylic acids is 1. The topological polar surface area (TPSA) is 53.4 Å². The van der Waals surface area contributed by atoms with E-state index in [1.54, 1.807) is 31.5 Å². The van der Waals surface area contributed by atoms with Crippen LogP contribution < -0.4 is 9.47 Å². The second-order valence-electron chi connectivity index (χ2n) is 4.36. The van der Waals surface area contributed by atoms with E-state index < -0.39 is 6.61 Å². The van der Waals surface area contributed by atoms with Gasteiger partial charge >= 0.3 is 6.61 Å². The van der Waals surface area contributed by atoms with Crippen LogP contribution in [0.25, 0.3) is 6.08 Å². The fraction of sp³-hybridized carbons (Fsp3) is 0.200. The number of benzene rings is 1. The molecule has 0 spiro atoms. The van der Waals surface area contributed by atoms with Crippen LogP contribution in [0, 0.1) is 0 Å². The number of aryl methyl sites for hydroxylation is 1. The van der Waals surface area contributed by atoms with Gasteiger partial charge in [-0.2, -0.15) is 13.9 Å². The van der Waals surface area contributed by atoms with E-state index in [1.165, 1.54) is 30.0 Å². The van der Waals surface area contributed by atoms with Crippen molar-refractivity contribution < 1.29 is 23.0 Å². The Bertz CT molecular complexity index is 696. The number of aromatic nitrogens is 2. The molecule has 0 amide bonds. The average Bonchev–Trinajstić information content (AvgIpc) is 2.92.